The smallest absolute Gasteiger partial charge is 0.218 e. The van der Waals surface area contributed by atoms with Gasteiger partial charge in [-0.1, -0.05) is 25.1 Å². The van der Waals surface area contributed by atoms with Crippen LogP contribution in [0.15, 0.2) is 33.9 Å². The number of methoxy groups -OCH3 is 1. The summed E-state index contributed by atoms with van der Waals surface area (Å²) in [5, 5.41) is 10.7. The quantitative estimate of drug-likeness (QED) is 0.319. The molecule has 0 spiro atoms. The van der Waals surface area contributed by atoms with Crippen molar-refractivity contribution in [2.24, 2.45) is 4.99 Å². The van der Waals surface area contributed by atoms with Crippen LogP contribution >= 0.6 is 0 Å². The Kier molecular flexibility index (Phi) is 9.99. The fraction of sp³-hybridized carbons (Fsp3) is 0.571. The highest BCUT2D eigenvalue weighted by Crippen LogP contribution is 2.22. The molecule has 2 heterocycles. The Balaban J connectivity index is 1.98. The number of aromatic nitrogens is 2. The number of ether oxygens (including phenoxy) is 2. The molecule has 0 aliphatic rings. The average Bonchev–Trinajstić information content (AvgIpc) is 3.21. The van der Waals surface area contributed by atoms with Gasteiger partial charge in [-0.2, -0.15) is 0 Å². The highest BCUT2D eigenvalue weighted by atomic mass is 16.5. The highest BCUT2D eigenvalue weighted by molar-refractivity contribution is 5.79. The molecule has 0 aliphatic heterocycles. The third-order valence-electron chi connectivity index (χ3n) is 4.54. The van der Waals surface area contributed by atoms with Crippen molar-refractivity contribution in [2.45, 2.75) is 52.6 Å². The van der Waals surface area contributed by atoms with Crippen molar-refractivity contribution in [1.82, 2.24) is 20.8 Å². The molecule has 0 saturated heterocycles. The van der Waals surface area contributed by atoms with Gasteiger partial charge in [0.1, 0.15) is 6.61 Å². The van der Waals surface area contributed by atoms with Crippen molar-refractivity contribution in [3.63, 3.8) is 0 Å². The second kappa shape index (κ2) is 12.8. The summed E-state index contributed by atoms with van der Waals surface area (Å²) in [5.41, 5.74) is 1.93. The van der Waals surface area contributed by atoms with E-state index in [1.807, 2.05) is 25.1 Å². The molecule has 0 amide bonds. The van der Waals surface area contributed by atoms with Crippen LogP contribution < -0.4 is 15.4 Å². The summed E-state index contributed by atoms with van der Waals surface area (Å²) in [4.78, 5) is 8.94. The average molecular weight is 404 g/mol. The molecule has 2 aromatic heterocycles. The lowest BCUT2D eigenvalue weighted by molar-refractivity contribution is 0.143. The maximum atomic E-state index is 5.68. The summed E-state index contributed by atoms with van der Waals surface area (Å²) in [6, 6.07) is 5.86. The lowest BCUT2D eigenvalue weighted by atomic mass is 9.99. The SMILES string of the molecule is CCNC(=NCc1cccnc1OCCOC)NCc1cc(C(CC)CC)no1. The number of rotatable bonds is 12. The van der Waals surface area contributed by atoms with Crippen LogP contribution in [0.1, 0.15) is 56.5 Å². The first-order chi connectivity index (χ1) is 14.2. The van der Waals surface area contributed by atoms with Crippen molar-refractivity contribution in [3.05, 3.63) is 41.4 Å². The fourth-order valence-electron chi connectivity index (χ4n) is 2.88. The van der Waals surface area contributed by atoms with Gasteiger partial charge in [0.2, 0.25) is 5.88 Å². The van der Waals surface area contributed by atoms with Crippen molar-refractivity contribution in [2.75, 3.05) is 26.9 Å². The summed E-state index contributed by atoms with van der Waals surface area (Å²) in [6.45, 7) is 9.05. The van der Waals surface area contributed by atoms with Gasteiger partial charge in [-0.05, 0) is 25.8 Å². The molecule has 2 N–H and O–H groups in total. The van der Waals surface area contributed by atoms with Gasteiger partial charge in [-0.15, -0.1) is 0 Å². The number of nitrogens with one attached hydrogen (secondary N) is 2. The molecule has 0 saturated carbocycles. The minimum Gasteiger partial charge on any atom is -0.475 e. The number of nitrogens with zero attached hydrogens (tertiary/aromatic N) is 3. The number of hydrogen-bond donors (Lipinski definition) is 2. The van der Waals surface area contributed by atoms with Crippen LogP contribution in [0.2, 0.25) is 0 Å². The van der Waals surface area contributed by atoms with E-state index in [0.29, 0.717) is 44.1 Å². The van der Waals surface area contributed by atoms with Gasteiger partial charge in [0.05, 0.1) is 25.4 Å². The minimum atomic E-state index is 0.441. The first kappa shape index (κ1) is 22.7. The summed E-state index contributed by atoms with van der Waals surface area (Å²) >= 11 is 0. The number of hydrogen-bond acceptors (Lipinski definition) is 6. The second-order valence-electron chi connectivity index (χ2n) is 6.59. The Morgan fingerprint density at radius 1 is 1.21 bits per heavy atom. The third-order valence-corrected chi connectivity index (χ3v) is 4.54. The zero-order valence-corrected chi connectivity index (χ0v) is 17.9. The largest absolute Gasteiger partial charge is 0.475 e. The zero-order chi connectivity index (χ0) is 20.9. The van der Waals surface area contributed by atoms with E-state index < -0.39 is 0 Å². The first-order valence-corrected chi connectivity index (χ1v) is 10.2. The Labute approximate surface area is 173 Å². The highest BCUT2D eigenvalue weighted by Gasteiger charge is 2.13. The van der Waals surface area contributed by atoms with Crippen molar-refractivity contribution in [1.29, 1.82) is 0 Å². The fourth-order valence-corrected chi connectivity index (χ4v) is 2.88. The van der Waals surface area contributed by atoms with E-state index in [-0.39, 0.29) is 0 Å². The summed E-state index contributed by atoms with van der Waals surface area (Å²) < 4.78 is 16.2. The zero-order valence-electron chi connectivity index (χ0n) is 17.9. The van der Waals surface area contributed by atoms with Gasteiger partial charge in [-0.3, -0.25) is 0 Å². The van der Waals surface area contributed by atoms with E-state index in [0.717, 1.165) is 36.4 Å². The topological polar surface area (TPSA) is 93.8 Å². The van der Waals surface area contributed by atoms with Gasteiger partial charge in [0.25, 0.3) is 0 Å². The molecule has 0 fully saturated rings. The number of pyridine rings is 1. The van der Waals surface area contributed by atoms with Crippen molar-refractivity contribution in [3.8, 4) is 5.88 Å². The lowest BCUT2D eigenvalue weighted by Gasteiger charge is -2.11. The monoisotopic (exact) mass is 403 g/mol. The predicted molar refractivity (Wildman–Crippen MR) is 113 cm³/mol. The molecule has 8 nitrogen and oxygen atoms in total. The van der Waals surface area contributed by atoms with Crippen LogP contribution in [-0.4, -0.2) is 43.0 Å². The Bertz CT molecular complexity index is 743. The van der Waals surface area contributed by atoms with E-state index in [4.69, 9.17) is 14.0 Å². The molecule has 0 aromatic carbocycles. The number of aliphatic imine (C=N–C) groups is 1. The normalized spacial score (nSPS) is 11.7. The molecule has 0 unspecified atom stereocenters. The number of guanidine groups is 1. The van der Waals surface area contributed by atoms with Crippen LogP contribution in [0.3, 0.4) is 0 Å². The van der Waals surface area contributed by atoms with Crippen LogP contribution in [-0.2, 0) is 17.8 Å². The Morgan fingerprint density at radius 2 is 2.03 bits per heavy atom. The van der Waals surface area contributed by atoms with E-state index in [9.17, 15) is 0 Å². The maximum absolute atomic E-state index is 5.68. The van der Waals surface area contributed by atoms with E-state index in [1.54, 1.807) is 13.3 Å². The van der Waals surface area contributed by atoms with E-state index in [2.05, 4.69) is 39.6 Å². The molecule has 2 aromatic rings. The lowest BCUT2D eigenvalue weighted by Crippen LogP contribution is -2.36. The standard InChI is InChI=1S/C21H33N5O3/c1-5-16(6-2)19-13-18(29-26-19)15-25-21(22-7-3)24-14-17-9-8-10-23-20(17)28-12-11-27-4/h8-10,13,16H,5-7,11-12,14-15H2,1-4H3,(H2,22,24,25). The van der Waals surface area contributed by atoms with Crippen LogP contribution in [0.4, 0.5) is 0 Å². The summed E-state index contributed by atoms with van der Waals surface area (Å²) in [6.07, 6.45) is 3.82. The van der Waals surface area contributed by atoms with Gasteiger partial charge in [-0.25, -0.2) is 9.98 Å². The summed E-state index contributed by atoms with van der Waals surface area (Å²) in [5.74, 6) is 2.51. The molecular formula is C21H33N5O3. The summed E-state index contributed by atoms with van der Waals surface area (Å²) in [7, 11) is 1.64. The third kappa shape index (κ3) is 7.38. The minimum absolute atomic E-state index is 0.441. The Morgan fingerprint density at radius 3 is 2.76 bits per heavy atom. The molecule has 160 valence electrons. The van der Waals surface area contributed by atoms with Gasteiger partial charge < -0.3 is 24.6 Å². The second-order valence-corrected chi connectivity index (χ2v) is 6.59. The molecule has 8 heteroatoms. The molecular weight excluding hydrogens is 370 g/mol. The molecule has 0 radical (unpaired) electrons. The van der Waals surface area contributed by atoms with E-state index in [1.165, 1.54) is 0 Å². The van der Waals surface area contributed by atoms with Crippen molar-refractivity contribution < 1.29 is 14.0 Å². The van der Waals surface area contributed by atoms with Crippen molar-refractivity contribution >= 4 is 5.96 Å². The van der Waals surface area contributed by atoms with Crippen LogP contribution in [0, 0.1) is 0 Å². The first-order valence-electron chi connectivity index (χ1n) is 10.2. The van der Waals surface area contributed by atoms with Crippen LogP contribution in [0.5, 0.6) is 5.88 Å². The molecule has 0 aliphatic carbocycles. The van der Waals surface area contributed by atoms with E-state index >= 15 is 0 Å². The van der Waals surface area contributed by atoms with Crippen LogP contribution in [0.25, 0.3) is 0 Å². The van der Waals surface area contributed by atoms with Gasteiger partial charge in [0, 0.05) is 37.4 Å². The van der Waals surface area contributed by atoms with Gasteiger partial charge >= 0.3 is 0 Å². The molecule has 0 atom stereocenters. The van der Waals surface area contributed by atoms with Gasteiger partial charge in [0.15, 0.2) is 11.7 Å². The predicted octanol–water partition coefficient (Wildman–Crippen LogP) is 3.25. The molecule has 29 heavy (non-hydrogen) atoms. The Hall–Kier alpha value is -2.61. The maximum Gasteiger partial charge on any atom is 0.218 e. The molecule has 0 bridgehead atoms. The molecule has 2 rings (SSSR count).